The van der Waals surface area contributed by atoms with Gasteiger partial charge in [-0.25, -0.2) is 8.78 Å². The van der Waals surface area contributed by atoms with Crippen molar-refractivity contribution in [3.63, 3.8) is 0 Å². The molecule has 1 aromatic rings. The molecule has 3 rings (SSSR count). The minimum absolute atomic E-state index is 0.0959. The second-order valence-electron chi connectivity index (χ2n) is 6.26. The first-order chi connectivity index (χ1) is 11.8. The van der Waals surface area contributed by atoms with E-state index in [1.807, 2.05) is 6.08 Å². The Hall–Kier alpha value is -1.69. The molecule has 2 fully saturated rings. The second kappa shape index (κ2) is 6.20. The van der Waals surface area contributed by atoms with Gasteiger partial charge in [0.2, 0.25) is 0 Å². The van der Waals surface area contributed by atoms with Crippen molar-refractivity contribution < 1.29 is 12.9 Å². The number of hydrogen-bond donors (Lipinski definition) is 0. The fourth-order valence-corrected chi connectivity index (χ4v) is 3.72. The zero-order chi connectivity index (χ0) is 18.4. The van der Waals surface area contributed by atoms with Crippen LogP contribution in [0.25, 0.3) is 0 Å². The van der Waals surface area contributed by atoms with E-state index in [-0.39, 0.29) is 17.4 Å². The van der Waals surface area contributed by atoms with Crippen molar-refractivity contribution in [3.05, 3.63) is 47.5 Å². The highest BCUT2D eigenvalue weighted by Crippen LogP contribution is 2.47. The van der Waals surface area contributed by atoms with Gasteiger partial charge in [0.25, 0.3) is 0 Å². The van der Waals surface area contributed by atoms with Crippen molar-refractivity contribution >= 4 is 0 Å². The van der Waals surface area contributed by atoms with Gasteiger partial charge >= 0.3 is 0 Å². The topological polar surface area (TPSA) is 23.8 Å². The Balaban J connectivity index is 1.98. The summed E-state index contributed by atoms with van der Waals surface area (Å²) in [5.41, 5.74) is -0.519. The van der Waals surface area contributed by atoms with Gasteiger partial charge in [0, 0.05) is 4.11 Å². The second-order valence-corrected chi connectivity index (χ2v) is 6.26. The highest BCUT2D eigenvalue weighted by atomic mass is 19.1. The number of rotatable bonds is 2. The Kier molecular flexibility index (Phi) is 3.33. The van der Waals surface area contributed by atoms with E-state index in [9.17, 15) is 8.78 Å². The zero-order valence-corrected chi connectivity index (χ0v) is 12.4. The molecule has 0 aliphatic heterocycles. The van der Waals surface area contributed by atoms with Crippen LogP contribution in [0.4, 0.5) is 8.78 Å². The van der Waals surface area contributed by atoms with Crippen LogP contribution in [0.5, 0.6) is 0 Å². The maximum Gasteiger partial charge on any atom is 0.144 e. The third-order valence-electron chi connectivity index (χ3n) is 4.96. The number of allylic oxidation sites excluding steroid dienone is 1. The molecule has 0 spiro atoms. The molecule has 1 aromatic carbocycles. The smallest absolute Gasteiger partial charge is 0.144 e. The van der Waals surface area contributed by atoms with Crippen molar-refractivity contribution in [3.8, 4) is 6.07 Å². The highest BCUT2D eigenvalue weighted by molar-refractivity contribution is 5.36. The lowest BCUT2D eigenvalue weighted by molar-refractivity contribution is 0.133. The Bertz CT molecular complexity index is 705. The zero-order valence-electron chi connectivity index (χ0n) is 15.4. The molecule has 2 saturated carbocycles. The van der Waals surface area contributed by atoms with E-state index in [0.717, 1.165) is 25.0 Å². The fourth-order valence-electron chi connectivity index (χ4n) is 3.72. The molecule has 116 valence electrons. The van der Waals surface area contributed by atoms with Gasteiger partial charge in [0.1, 0.15) is 23.3 Å². The molecule has 0 heterocycles. The van der Waals surface area contributed by atoms with Crippen molar-refractivity contribution in [1.82, 2.24) is 0 Å². The summed E-state index contributed by atoms with van der Waals surface area (Å²) in [6.45, 7) is 3.83. The van der Waals surface area contributed by atoms with Crippen molar-refractivity contribution in [2.75, 3.05) is 0 Å². The number of fused-ring (bicyclic) bond motifs is 1. The first-order valence-electron chi connectivity index (χ1n) is 9.31. The Morgan fingerprint density at radius 1 is 1.23 bits per heavy atom. The molecule has 1 nitrogen and oxygen atoms in total. The predicted octanol–water partition coefficient (Wildman–Crippen LogP) is 5.32. The van der Waals surface area contributed by atoms with Crippen LogP contribution in [0.15, 0.2) is 24.8 Å². The van der Waals surface area contributed by atoms with Crippen LogP contribution in [-0.2, 0) is 0 Å². The molecule has 5 atom stereocenters. The van der Waals surface area contributed by atoms with E-state index in [0.29, 0.717) is 18.8 Å². The summed E-state index contributed by atoms with van der Waals surface area (Å²) in [6, 6.07) is 3.54. The fraction of sp³-hybridized carbons (Fsp3) is 0.526. The van der Waals surface area contributed by atoms with Crippen LogP contribution in [0.2, 0.25) is 0 Å². The maximum atomic E-state index is 14.0. The number of halogens is 2. The summed E-state index contributed by atoms with van der Waals surface area (Å²) in [6.07, 6.45) is 2.31. The molecule has 0 saturated heterocycles. The first kappa shape index (κ1) is 11.8. The van der Waals surface area contributed by atoms with Gasteiger partial charge in [-0.2, -0.15) is 5.26 Å². The summed E-state index contributed by atoms with van der Waals surface area (Å²) in [4.78, 5) is 0. The van der Waals surface area contributed by atoms with Gasteiger partial charge in [0.05, 0.1) is 0 Å². The SMILES string of the molecule is [2H]C1CC2CC(C=C)CCC2C([2H])([2H])C1c1cc(F)c(C#N)c(F)c1. The maximum absolute atomic E-state index is 14.0. The van der Waals surface area contributed by atoms with Gasteiger partial charge in [-0.1, -0.05) is 6.08 Å². The summed E-state index contributed by atoms with van der Waals surface area (Å²) >= 11 is 0. The molecule has 3 heteroatoms. The third kappa shape index (κ3) is 2.79. The number of nitriles is 1. The first-order valence-corrected chi connectivity index (χ1v) is 7.73. The van der Waals surface area contributed by atoms with Crippen LogP contribution in [0.3, 0.4) is 0 Å². The van der Waals surface area contributed by atoms with Gasteiger partial charge in [-0.3, -0.25) is 0 Å². The molecular formula is C19H21F2N. The van der Waals surface area contributed by atoms with Crippen LogP contribution in [-0.4, -0.2) is 0 Å². The van der Waals surface area contributed by atoms with Crippen LogP contribution < -0.4 is 0 Å². The molecule has 0 N–H and O–H groups in total. The summed E-state index contributed by atoms with van der Waals surface area (Å²) in [5, 5.41) is 8.81. The van der Waals surface area contributed by atoms with Crippen molar-refractivity contribution in [1.29, 1.82) is 5.26 Å². The summed E-state index contributed by atoms with van der Waals surface area (Å²) < 4.78 is 53.8. The lowest BCUT2D eigenvalue weighted by Crippen LogP contribution is -2.30. The van der Waals surface area contributed by atoms with Gasteiger partial charge < -0.3 is 0 Å². The molecule has 2 aliphatic carbocycles. The molecule has 0 aromatic heterocycles. The number of nitrogens with zero attached hydrogens (tertiary/aromatic N) is 1. The van der Waals surface area contributed by atoms with Gasteiger partial charge in [-0.05, 0) is 79.8 Å². The number of hydrogen-bond acceptors (Lipinski definition) is 1. The lowest BCUT2D eigenvalue weighted by Gasteiger charge is -2.41. The van der Waals surface area contributed by atoms with E-state index in [1.54, 1.807) is 0 Å². The molecule has 0 bridgehead atoms. The van der Waals surface area contributed by atoms with E-state index in [2.05, 4.69) is 6.58 Å². The Morgan fingerprint density at radius 2 is 1.95 bits per heavy atom. The molecule has 2 aliphatic rings. The largest absolute Gasteiger partial charge is 0.205 e. The van der Waals surface area contributed by atoms with E-state index >= 15 is 0 Å². The van der Waals surface area contributed by atoms with Crippen molar-refractivity contribution in [2.24, 2.45) is 17.8 Å². The van der Waals surface area contributed by atoms with E-state index < -0.39 is 35.9 Å². The Morgan fingerprint density at radius 3 is 2.59 bits per heavy atom. The van der Waals surface area contributed by atoms with Crippen LogP contribution >= 0.6 is 0 Å². The number of benzene rings is 1. The monoisotopic (exact) mass is 304 g/mol. The third-order valence-corrected chi connectivity index (χ3v) is 4.96. The molecular weight excluding hydrogens is 280 g/mol. The van der Waals surface area contributed by atoms with Gasteiger partial charge in [-0.15, -0.1) is 6.58 Å². The van der Waals surface area contributed by atoms with Gasteiger partial charge in [0.15, 0.2) is 0 Å². The molecule has 0 amide bonds. The summed E-state index contributed by atoms with van der Waals surface area (Å²) in [5.74, 6) is -2.65. The molecule has 0 radical (unpaired) electrons. The highest BCUT2D eigenvalue weighted by Gasteiger charge is 2.35. The average Bonchev–Trinajstić information content (AvgIpc) is 2.53. The van der Waals surface area contributed by atoms with E-state index in [1.165, 1.54) is 6.07 Å². The normalized spacial score (nSPS) is 38.8. The van der Waals surface area contributed by atoms with Crippen LogP contribution in [0, 0.1) is 40.7 Å². The minimum Gasteiger partial charge on any atom is -0.205 e. The van der Waals surface area contributed by atoms with E-state index in [4.69, 9.17) is 9.37 Å². The lowest BCUT2D eigenvalue weighted by atomic mass is 9.64. The average molecular weight is 304 g/mol. The molecule has 22 heavy (non-hydrogen) atoms. The minimum atomic E-state index is -1.71. The Labute approximate surface area is 134 Å². The molecule has 5 unspecified atom stereocenters. The summed E-state index contributed by atoms with van der Waals surface area (Å²) in [7, 11) is 0. The van der Waals surface area contributed by atoms with Crippen molar-refractivity contribution in [2.45, 2.75) is 44.4 Å². The predicted molar refractivity (Wildman–Crippen MR) is 82.2 cm³/mol. The standard InChI is InChI=1S/C19H21F2N/c1-2-12-3-4-14-8-15(6-5-13(14)7-12)16-9-18(20)17(11-22)19(21)10-16/h2,9-10,12-15H,1,3-8H2/i6D,8D2. The van der Waals surface area contributed by atoms with Crippen LogP contribution in [0.1, 0.15) is 59.6 Å². The quantitative estimate of drug-likeness (QED) is 0.678.